The Labute approximate surface area is 181 Å². The zero-order chi connectivity index (χ0) is 22.6. The Hall–Kier alpha value is -3.13. The van der Waals surface area contributed by atoms with Gasteiger partial charge in [0.1, 0.15) is 5.76 Å². The molecular formula is C23H25NO6S. The molecule has 3 rings (SSSR count). The Morgan fingerprint density at radius 1 is 1.10 bits per heavy atom. The maximum absolute atomic E-state index is 13.7. The molecule has 2 N–H and O–H groups in total. The number of sulfone groups is 1. The number of rotatable bonds is 6. The number of methoxy groups -OCH3 is 1. The van der Waals surface area contributed by atoms with E-state index in [4.69, 9.17) is 4.74 Å². The third kappa shape index (κ3) is 4.34. The molecule has 0 aliphatic heterocycles. The zero-order valence-electron chi connectivity index (χ0n) is 17.4. The number of carbonyl (C=O) groups excluding carboxylic acids is 2. The summed E-state index contributed by atoms with van der Waals surface area (Å²) in [7, 11) is -3.07. The lowest BCUT2D eigenvalue weighted by molar-refractivity contribution is -0.136. The van der Waals surface area contributed by atoms with Gasteiger partial charge in [0.05, 0.1) is 17.6 Å². The highest BCUT2D eigenvalue weighted by atomic mass is 32.2. The third-order valence-corrected chi connectivity index (χ3v) is 8.02. The number of ether oxygens (including phenoxy) is 1. The van der Waals surface area contributed by atoms with Crippen LogP contribution in [-0.4, -0.2) is 37.3 Å². The molecule has 1 unspecified atom stereocenters. The molecule has 0 fully saturated rings. The second-order valence-electron chi connectivity index (χ2n) is 7.57. The second-order valence-corrected chi connectivity index (χ2v) is 9.83. The van der Waals surface area contributed by atoms with Crippen LogP contribution in [0.2, 0.25) is 0 Å². The van der Waals surface area contributed by atoms with Gasteiger partial charge >= 0.3 is 5.97 Å². The summed E-state index contributed by atoms with van der Waals surface area (Å²) in [5.74, 6) is -1.82. The topological polar surface area (TPSA) is 110 Å². The van der Waals surface area contributed by atoms with Gasteiger partial charge in [-0.2, -0.15) is 0 Å². The van der Waals surface area contributed by atoms with E-state index >= 15 is 0 Å². The first-order valence-corrected chi connectivity index (χ1v) is 11.3. The van der Waals surface area contributed by atoms with E-state index in [0.717, 1.165) is 18.2 Å². The number of amides is 1. The molecule has 2 aromatic carbocycles. The first-order valence-electron chi connectivity index (χ1n) is 9.84. The highest BCUT2D eigenvalue weighted by Gasteiger charge is 2.54. The van der Waals surface area contributed by atoms with Crippen LogP contribution in [0.3, 0.4) is 0 Å². The van der Waals surface area contributed by atoms with Crippen molar-refractivity contribution in [2.24, 2.45) is 0 Å². The van der Waals surface area contributed by atoms with Crippen molar-refractivity contribution < 1.29 is 27.9 Å². The summed E-state index contributed by atoms with van der Waals surface area (Å²) < 4.78 is 30.2. The van der Waals surface area contributed by atoms with Gasteiger partial charge < -0.3 is 15.2 Å². The number of benzene rings is 2. The number of esters is 1. The van der Waals surface area contributed by atoms with E-state index in [1.165, 1.54) is 12.1 Å². The summed E-state index contributed by atoms with van der Waals surface area (Å²) in [6, 6.07) is 15.3. The highest BCUT2D eigenvalue weighted by Crippen LogP contribution is 2.41. The molecule has 31 heavy (non-hydrogen) atoms. The Morgan fingerprint density at radius 2 is 1.74 bits per heavy atom. The van der Waals surface area contributed by atoms with Gasteiger partial charge in [0.25, 0.3) is 0 Å². The quantitative estimate of drug-likeness (QED) is 0.664. The lowest BCUT2D eigenvalue weighted by atomic mass is 9.85. The number of aliphatic hydroxyl groups excluding tert-OH is 1. The minimum Gasteiger partial charge on any atom is -0.512 e. The Bertz CT molecular complexity index is 1110. The van der Waals surface area contributed by atoms with Crippen molar-refractivity contribution in [3.8, 4) is 0 Å². The molecule has 1 aliphatic carbocycles. The van der Waals surface area contributed by atoms with Gasteiger partial charge in [-0.3, -0.25) is 4.79 Å². The lowest BCUT2D eigenvalue weighted by Crippen LogP contribution is -2.54. The van der Waals surface area contributed by atoms with Crippen LogP contribution in [-0.2, 0) is 30.7 Å². The Kier molecular flexibility index (Phi) is 6.50. The average molecular weight is 444 g/mol. The van der Waals surface area contributed by atoms with Crippen LogP contribution >= 0.6 is 0 Å². The van der Waals surface area contributed by atoms with Crippen molar-refractivity contribution in [1.82, 2.24) is 5.32 Å². The van der Waals surface area contributed by atoms with Crippen LogP contribution in [0, 0.1) is 6.92 Å². The third-order valence-electron chi connectivity index (χ3n) is 5.56. The van der Waals surface area contributed by atoms with Crippen LogP contribution < -0.4 is 5.32 Å². The van der Waals surface area contributed by atoms with E-state index in [9.17, 15) is 23.1 Å². The van der Waals surface area contributed by atoms with E-state index < -0.39 is 32.9 Å². The van der Waals surface area contributed by atoms with E-state index in [1.807, 2.05) is 37.3 Å². The van der Waals surface area contributed by atoms with Gasteiger partial charge in [0, 0.05) is 19.4 Å². The lowest BCUT2D eigenvalue weighted by Gasteiger charge is -2.35. The van der Waals surface area contributed by atoms with Crippen LogP contribution in [0.1, 0.15) is 30.4 Å². The predicted octanol–water partition coefficient (Wildman–Crippen LogP) is 2.99. The first kappa shape index (κ1) is 22.6. The molecule has 164 valence electrons. The van der Waals surface area contributed by atoms with Crippen LogP contribution in [0.15, 0.2) is 70.8 Å². The average Bonchev–Trinajstić information content (AvgIpc) is 2.78. The molecule has 1 atom stereocenters. The number of aliphatic hydroxyl groups is 1. The molecule has 0 bridgehead atoms. The van der Waals surface area contributed by atoms with Gasteiger partial charge in [-0.05, 0) is 31.0 Å². The number of carbonyl (C=O) groups is 2. The second kappa shape index (κ2) is 8.93. The van der Waals surface area contributed by atoms with Crippen molar-refractivity contribution >= 4 is 21.7 Å². The summed E-state index contributed by atoms with van der Waals surface area (Å²) in [5, 5.41) is 12.9. The molecule has 8 heteroatoms. The van der Waals surface area contributed by atoms with Gasteiger partial charge in [-0.25, -0.2) is 13.2 Å². The smallest absolute Gasteiger partial charge is 0.337 e. The maximum Gasteiger partial charge on any atom is 0.337 e. The van der Waals surface area contributed by atoms with Gasteiger partial charge in [-0.1, -0.05) is 48.0 Å². The molecule has 1 aliphatic rings. The first-order chi connectivity index (χ1) is 14.7. The minimum atomic E-state index is -4.21. The molecule has 2 aromatic rings. The summed E-state index contributed by atoms with van der Waals surface area (Å²) >= 11 is 0. The zero-order valence-corrected chi connectivity index (χ0v) is 18.2. The normalized spacial score (nSPS) is 19.0. The Morgan fingerprint density at radius 3 is 2.35 bits per heavy atom. The predicted molar refractivity (Wildman–Crippen MR) is 115 cm³/mol. The minimum absolute atomic E-state index is 0.0152. The molecule has 0 saturated heterocycles. The number of allylic oxidation sites excluding steroid dienone is 1. The Balaban J connectivity index is 2.04. The van der Waals surface area contributed by atoms with Gasteiger partial charge in [-0.15, -0.1) is 0 Å². The maximum atomic E-state index is 13.7. The highest BCUT2D eigenvalue weighted by molar-refractivity contribution is 7.93. The fourth-order valence-corrected chi connectivity index (χ4v) is 5.65. The van der Waals surface area contributed by atoms with Crippen molar-refractivity contribution in [3.05, 3.63) is 77.1 Å². The SMILES string of the molecule is COC(=O)C1=C(O)CCC(C(=O)NCc2ccccc2)(S(=O)(=O)c2ccc(C)cc2)C1. The molecule has 7 nitrogen and oxygen atoms in total. The number of hydrogen-bond acceptors (Lipinski definition) is 6. The summed E-state index contributed by atoms with van der Waals surface area (Å²) in [4.78, 5) is 25.6. The van der Waals surface area contributed by atoms with Gasteiger partial charge in [0.15, 0.2) is 14.6 Å². The van der Waals surface area contributed by atoms with Crippen LogP contribution in [0.25, 0.3) is 0 Å². The van der Waals surface area contributed by atoms with E-state index in [-0.39, 0.29) is 35.6 Å². The number of aryl methyl sites for hydroxylation is 1. The van der Waals surface area contributed by atoms with Crippen LogP contribution in [0.5, 0.6) is 0 Å². The molecule has 0 saturated carbocycles. The van der Waals surface area contributed by atoms with Crippen molar-refractivity contribution in [2.75, 3.05) is 7.11 Å². The summed E-state index contributed by atoms with van der Waals surface area (Å²) in [6.07, 6.45) is -0.757. The van der Waals surface area contributed by atoms with E-state index in [2.05, 4.69) is 5.32 Å². The summed E-state index contributed by atoms with van der Waals surface area (Å²) in [6.45, 7) is 1.96. The fraction of sp³-hybridized carbons (Fsp3) is 0.304. The van der Waals surface area contributed by atoms with Gasteiger partial charge in [0.2, 0.25) is 5.91 Å². The molecular weight excluding hydrogens is 418 g/mol. The summed E-state index contributed by atoms with van der Waals surface area (Å²) in [5.41, 5.74) is 1.48. The molecule has 1 amide bonds. The van der Waals surface area contributed by atoms with Crippen LogP contribution in [0.4, 0.5) is 0 Å². The molecule has 0 radical (unpaired) electrons. The van der Waals surface area contributed by atoms with Crippen molar-refractivity contribution in [2.45, 2.75) is 42.4 Å². The van der Waals surface area contributed by atoms with E-state index in [1.54, 1.807) is 12.1 Å². The fourth-order valence-electron chi connectivity index (χ4n) is 3.69. The van der Waals surface area contributed by atoms with Crippen molar-refractivity contribution in [1.29, 1.82) is 0 Å². The molecule has 0 spiro atoms. The van der Waals surface area contributed by atoms with E-state index in [0.29, 0.717) is 0 Å². The number of hydrogen-bond donors (Lipinski definition) is 2. The largest absolute Gasteiger partial charge is 0.512 e. The molecule has 0 heterocycles. The monoisotopic (exact) mass is 443 g/mol. The molecule has 0 aromatic heterocycles. The standard InChI is InChI=1S/C23H25NO6S/c1-16-8-10-18(11-9-16)31(28,29)23(13-12-20(25)19(14-23)21(26)30-2)22(27)24-15-17-6-4-3-5-7-17/h3-11,25H,12-15H2,1-2H3,(H,24,27). The van der Waals surface area contributed by atoms with Crippen molar-refractivity contribution in [3.63, 3.8) is 0 Å². The number of nitrogens with one attached hydrogen (secondary N) is 1.